The van der Waals surface area contributed by atoms with Crippen molar-refractivity contribution in [2.45, 2.75) is 19.6 Å². The maximum absolute atomic E-state index is 11.2. The summed E-state index contributed by atoms with van der Waals surface area (Å²) in [5, 5.41) is 23.1. The van der Waals surface area contributed by atoms with Gasteiger partial charge in [-0.05, 0) is 12.5 Å². The molecule has 1 aromatic rings. The maximum atomic E-state index is 11.2. The Balaban J connectivity index is 2.41. The van der Waals surface area contributed by atoms with Gasteiger partial charge in [0.1, 0.15) is 0 Å². The molecule has 2 N–H and O–H groups in total. The fourth-order valence-electron chi connectivity index (χ4n) is 1.07. The highest BCUT2D eigenvalue weighted by molar-refractivity contribution is 5.30. The van der Waals surface area contributed by atoms with Crippen molar-refractivity contribution in [1.82, 2.24) is 5.32 Å². The van der Waals surface area contributed by atoms with Crippen LogP contribution in [0, 0.1) is 0 Å². The molecule has 1 rings (SSSR count). The molecular formula is C10H14NO2-. The predicted molar refractivity (Wildman–Crippen MR) is 49.3 cm³/mol. The average Bonchev–Trinajstić information content (AvgIpc) is 2.08. The third-order valence-corrected chi connectivity index (χ3v) is 1.73. The average molecular weight is 180 g/mol. The maximum Gasteiger partial charge on any atom is 0.0636 e. The lowest BCUT2D eigenvalue weighted by Crippen LogP contribution is -2.24. The lowest BCUT2D eigenvalue weighted by molar-refractivity contribution is -0.269. The summed E-state index contributed by atoms with van der Waals surface area (Å²) in [6.07, 6.45) is -0.376. The van der Waals surface area contributed by atoms with E-state index in [2.05, 4.69) is 5.32 Å². The van der Waals surface area contributed by atoms with Gasteiger partial charge >= 0.3 is 0 Å². The molecule has 0 aliphatic carbocycles. The van der Waals surface area contributed by atoms with Gasteiger partial charge in [-0.3, -0.25) is 0 Å². The van der Waals surface area contributed by atoms with E-state index < -0.39 is 0 Å². The molecule has 3 nitrogen and oxygen atoms in total. The first-order valence-corrected chi connectivity index (χ1v) is 4.34. The molecule has 0 heterocycles. The predicted octanol–water partition coefficient (Wildman–Crippen LogP) is 0.231. The molecule has 0 fully saturated rings. The molecule has 0 saturated carbocycles. The van der Waals surface area contributed by atoms with Crippen LogP contribution in [0.25, 0.3) is 0 Å². The quantitative estimate of drug-likeness (QED) is 0.697. The number of hydrogen-bond donors (Lipinski definition) is 2. The summed E-state index contributed by atoms with van der Waals surface area (Å²) in [7, 11) is 0. The Labute approximate surface area is 78.0 Å². The molecule has 3 heteroatoms. The first kappa shape index (κ1) is 10.0. The SMILES string of the molecule is C[C@@H](O)CNCc1ccccc1[O-]. The van der Waals surface area contributed by atoms with E-state index in [1.54, 1.807) is 25.1 Å². The summed E-state index contributed by atoms with van der Waals surface area (Å²) in [6.45, 7) is 2.73. The second-order valence-corrected chi connectivity index (χ2v) is 3.09. The van der Waals surface area contributed by atoms with E-state index in [0.29, 0.717) is 13.1 Å². The van der Waals surface area contributed by atoms with Gasteiger partial charge in [-0.1, -0.05) is 24.3 Å². The summed E-state index contributed by atoms with van der Waals surface area (Å²) in [5.74, 6) is 0.0422. The second-order valence-electron chi connectivity index (χ2n) is 3.09. The van der Waals surface area contributed by atoms with Gasteiger partial charge in [-0.15, -0.1) is 5.75 Å². The standard InChI is InChI=1S/C10H15NO2/c1-8(12)6-11-7-9-4-2-3-5-10(9)13/h2-5,8,11-13H,6-7H2,1H3/p-1/t8-/m1/s1. The fraction of sp³-hybridized carbons (Fsp3) is 0.400. The molecule has 1 aromatic carbocycles. The number of para-hydroxylation sites is 1. The highest BCUT2D eigenvalue weighted by Gasteiger charge is 1.95. The topological polar surface area (TPSA) is 55.3 Å². The monoisotopic (exact) mass is 180 g/mol. The molecule has 0 aromatic heterocycles. The lowest BCUT2D eigenvalue weighted by Gasteiger charge is -2.13. The molecule has 0 saturated heterocycles. The number of rotatable bonds is 4. The van der Waals surface area contributed by atoms with Gasteiger partial charge in [0, 0.05) is 13.1 Å². The summed E-state index contributed by atoms with van der Waals surface area (Å²) in [4.78, 5) is 0. The zero-order valence-electron chi connectivity index (χ0n) is 7.66. The van der Waals surface area contributed by atoms with Crippen molar-refractivity contribution in [1.29, 1.82) is 0 Å². The van der Waals surface area contributed by atoms with Gasteiger partial charge in [0.15, 0.2) is 0 Å². The number of nitrogens with one attached hydrogen (secondary N) is 1. The zero-order valence-corrected chi connectivity index (χ0v) is 7.66. The smallest absolute Gasteiger partial charge is 0.0636 e. The van der Waals surface area contributed by atoms with Crippen molar-refractivity contribution in [3.05, 3.63) is 29.8 Å². The van der Waals surface area contributed by atoms with Crippen molar-refractivity contribution in [2.24, 2.45) is 0 Å². The van der Waals surface area contributed by atoms with Crippen LogP contribution in [0.15, 0.2) is 24.3 Å². The van der Waals surface area contributed by atoms with Crippen molar-refractivity contribution < 1.29 is 10.2 Å². The van der Waals surface area contributed by atoms with E-state index in [1.807, 2.05) is 6.07 Å². The van der Waals surface area contributed by atoms with Crippen molar-refractivity contribution >= 4 is 0 Å². The zero-order chi connectivity index (χ0) is 9.68. The molecule has 1 atom stereocenters. The number of aliphatic hydroxyl groups is 1. The van der Waals surface area contributed by atoms with Crippen LogP contribution in [0.2, 0.25) is 0 Å². The molecule has 72 valence electrons. The second kappa shape index (κ2) is 4.84. The minimum absolute atomic E-state index is 0.0422. The van der Waals surface area contributed by atoms with E-state index in [1.165, 1.54) is 0 Å². The summed E-state index contributed by atoms with van der Waals surface area (Å²) in [6, 6.07) is 6.89. The van der Waals surface area contributed by atoms with E-state index in [9.17, 15) is 5.11 Å². The molecule has 0 aliphatic rings. The Morgan fingerprint density at radius 1 is 1.46 bits per heavy atom. The first-order chi connectivity index (χ1) is 6.20. The Morgan fingerprint density at radius 2 is 2.15 bits per heavy atom. The molecule has 0 unspecified atom stereocenters. The molecule has 0 spiro atoms. The van der Waals surface area contributed by atoms with Gasteiger partial charge in [0.2, 0.25) is 0 Å². The van der Waals surface area contributed by atoms with Gasteiger partial charge in [-0.25, -0.2) is 0 Å². The van der Waals surface area contributed by atoms with Crippen LogP contribution in [0.5, 0.6) is 5.75 Å². The molecular weight excluding hydrogens is 166 g/mol. The van der Waals surface area contributed by atoms with Gasteiger partial charge in [-0.2, -0.15) is 0 Å². The van der Waals surface area contributed by atoms with Crippen LogP contribution < -0.4 is 10.4 Å². The number of hydrogen-bond acceptors (Lipinski definition) is 3. The molecule has 0 aliphatic heterocycles. The largest absolute Gasteiger partial charge is 0.872 e. The van der Waals surface area contributed by atoms with Gasteiger partial charge in [0.05, 0.1) is 6.10 Å². The highest BCUT2D eigenvalue weighted by atomic mass is 16.3. The molecule has 0 radical (unpaired) electrons. The Bertz CT molecular complexity index is 261. The molecule has 13 heavy (non-hydrogen) atoms. The third kappa shape index (κ3) is 3.44. The normalized spacial score (nSPS) is 12.8. The van der Waals surface area contributed by atoms with Crippen LogP contribution in [0.4, 0.5) is 0 Å². The van der Waals surface area contributed by atoms with Crippen LogP contribution in [-0.4, -0.2) is 17.8 Å². The molecule has 0 bridgehead atoms. The van der Waals surface area contributed by atoms with E-state index in [4.69, 9.17) is 5.11 Å². The summed E-state index contributed by atoms with van der Waals surface area (Å²) in [5.41, 5.74) is 0.739. The van der Waals surface area contributed by atoms with E-state index in [0.717, 1.165) is 5.56 Å². The third-order valence-electron chi connectivity index (χ3n) is 1.73. The highest BCUT2D eigenvalue weighted by Crippen LogP contribution is 2.11. The van der Waals surface area contributed by atoms with Crippen molar-refractivity contribution in [3.63, 3.8) is 0 Å². The van der Waals surface area contributed by atoms with Crippen LogP contribution in [-0.2, 0) is 6.54 Å². The van der Waals surface area contributed by atoms with Gasteiger partial charge in [0.25, 0.3) is 0 Å². The number of aliphatic hydroxyl groups excluding tert-OH is 1. The summed E-state index contributed by atoms with van der Waals surface area (Å²) < 4.78 is 0. The van der Waals surface area contributed by atoms with Crippen LogP contribution in [0.1, 0.15) is 12.5 Å². The number of benzene rings is 1. The Morgan fingerprint density at radius 3 is 2.77 bits per heavy atom. The van der Waals surface area contributed by atoms with Gasteiger partial charge < -0.3 is 15.5 Å². The van der Waals surface area contributed by atoms with E-state index >= 15 is 0 Å². The van der Waals surface area contributed by atoms with Crippen molar-refractivity contribution in [3.8, 4) is 5.75 Å². The Hall–Kier alpha value is -1.06. The molecule has 0 amide bonds. The Kier molecular flexibility index (Phi) is 3.73. The minimum Gasteiger partial charge on any atom is -0.872 e. The van der Waals surface area contributed by atoms with Crippen molar-refractivity contribution in [2.75, 3.05) is 6.54 Å². The van der Waals surface area contributed by atoms with Crippen LogP contribution in [0.3, 0.4) is 0 Å². The summed E-state index contributed by atoms with van der Waals surface area (Å²) >= 11 is 0. The minimum atomic E-state index is -0.376. The van der Waals surface area contributed by atoms with Crippen LogP contribution >= 0.6 is 0 Å². The first-order valence-electron chi connectivity index (χ1n) is 4.34. The van der Waals surface area contributed by atoms with E-state index in [-0.39, 0.29) is 11.9 Å². The lowest BCUT2D eigenvalue weighted by atomic mass is 10.2. The fourth-order valence-corrected chi connectivity index (χ4v) is 1.07.